The topological polar surface area (TPSA) is 79.5 Å². The monoisotopic (exact) mass is 385 g/mol. The first-order valence-corrected chi connectivity index (χ1v) is 8.93. The van der Waals surface area contributed by atoms with E-state index in [1.807, 2.05) is 6.92 Å². The molecule has 6 nitrogen and oxygen atoms in total. The van der Waals surface area contributed by atoms with Crippen LogP contribution in [0.5, 0.6) is 5.75 Å². The standard InChI is InChI=1S/C20H20ClN3O3/c1-3-27-16-10-8-15(9-11-16)23-19(25)17-12(2)22-20(26)24-18(17)13-4-6-14(21)7-5-13/h4-11,18H,3H2,1-2H3,(H,23,25)(H2,22,24,26)/t18-/m1/s1. The molecule has 1 heterocycles. The number of allylic oxidation sites excluding steroid dienone is 1. The summed E-state index contributed by atoms with van der Waals surface area (Å²) in [5, 5.41) is 8.90. The zero-order valence-corrected chi connectivity index (χ0v) is 15.8. The van der Waals surface area contributed by atoms with Crippen molar-refractivity contribution >= 4 is 29.2 Å². The summed E-state index contributed by atoms with van der Waals surface area (Å²) in [6.45, 7) is 4.19. The molecule has 3 amide bonds. The van der Waals surface area contributed by atoms with E-state index in [2.05, 4.69) is 16.0 Å². The summed E-state index contributed by atoms with van der Waals surface area (Å²) in [7, 11) is 0. The Kier molecular flexibility index (Phi) is 5.66. The molecule has 0 aromatic heterocycles. The number of carbonyl (C=O) groups is 2. The minimum absolute atomic E-state index is 0.302. The third-order valence-electron chi connectivity index (χ3n) is 4.14. The van der Waals surface area contributed by atoms with Crippen molar-refractivity contribution in [2.45, 2.75) is 19.9 Å². The molecule has 0 aliphatic carbocycles. The molecule has 2 aromatic carbocycles. The first-order chi connectivity index (χ1) is 13.0. The van der Waals surface area contributed by atoms with Crippen LogP contribution in [0.25, 0.3) is 0 Å². The van der Waals surface area contributed by atoms with Crippen molar-refractivity contribution < 1.29 is 14.3 Å². The van der Waals surface area contributed by atoms with E-state index in [4.69, 9.17) is 16.3 Å². The van der Waals surface area contributed by atoms with Gasteiger partial charge >= 0.3 is 6.03 Å². The molecule has 140 valence electrons. The molecule has 1 aliphatic heterocycles. The summed E-state index contributed by atoms with van der Waals surface area (Å²) >= 11 is 5.95. The average molecular weight is 386 g/mol. The Morgan fingerprint density at radius 2 is 1.81 bits per heavy atom. The van der Waals surface area contributed by atoms with E-state index in [0.29, 0.717) is 28.6 Å². The maximum Gasteiger partial charge on any atom is 0.319 e. The molecule has 0 fully saturated rings. The molecule has 0 unspecified atom stereocenters. The predicted octanol–water partition coefficient (Wildman–Crippen LogP) is 4.01. The maximum absolute atomic E-state index is 12.9. The second-order valence-corrected chi connectivity index (χ2v) is 6.47. The van der Waals surface area contributed by atoms with Gasteiger partial charge in [-0.25, -0.2) is 4.79 Å². The number of hydrogen-bond acceptors (Lipinski definition) is 3. The summed E-state index contributed by atoms with van der Waals surface area (Å²) in [5.74, 6) is 0.431. The molecule has 3 N–H and O–H groups in total. The number of urea groups is 1. The first-order valence-electron chi connectivity index (χ1n) is 8.56. The lowest BCUT2D eigenvalue weighted by Gasteiger charge is -2.28. The average Bonchev–Trinajstić information content (AvgIpc) is 2.63. The number of nitrogens with one attached hydrogen (secondary N) is 3. The molecule has 0 saturated heterocycles. The van der Waals surface area contributed by atoms with Crippen LogP contribution >= 0.6 is 11.6 Å². The number of rotatable bonds is 5. The highest BCUT2D eigenvalue weighted by Crippen LogP contribution is 2.28. The number of amides is 3. The van der Waals surface area contributed by atoms with E-state index >= 15 is 0 Å². The van der Waals surface area contributed by atoms with Crippen molar-refractivity contribution in [3.63, 3.8) is 0 Å². The lowest BCUT2D eigenvalue weighted by Crippen LogP contribution is -2.45. The molecule has 1 aliphatic rings. The van der Waals surface area contributed by atoms with Crippen LogP contribution in [0, 0.1) is 0 Å². The van der Waals surface area contributed by atoms with E-state index in [1.54, 1.807) is 55.5 Å². The fourth-order valence-electron chi connectivity index (χ4n) is 2.90. The van der Waals surface area contributed by atoms with E-state index in [1.165, 1.54) is 0 Å². The number of anilines is 1. The molecule has 0 spiro atoms. The Morgan fingerprint density at radius 1 is 1.15 bits per heavy atom. The van der Waals surface area contributed by atoms with Gasteiger partial charge in [0.25, 0.3) is 5.91 Å². The summed E-state index contributed by atoms with van der Waals surface area (Å²) in [6, 6.07) is 13.2. The van der Waals surface area contributed by atoms with Crippen LogP contribution in [0.1, 0.15) is 25.5 Å². The Bertz CT molecular complexity index is 876. The minimum Gasteiger partial charge on any atom is -0.494 e. The van der Waals surface area contributed by atoms with Crippen LogP contribution in [0.4, 0.5) is 10.5 Å². The van der Waals surface area contributed by atoms with Crippen LogP contribution in [0.2, 0.25) is 5.02 Å². The summed E-state index contributed by atoms with van der Waals surface area (Å²) in [6.07, 6.45) is 0. The van der Waals surface area contributed by atoms with E-state index in [9.17, 15) is 9.59 Å². The van der Waals surface area contributed by atoms with Crippen molar-refractivity contribution in [3.05, 3.63) is 70.4 Å². The Labute approximate surface area is 162 Å². The number of halogens is 1. The lowest BCUT2D eigenvalue weighted by molar-refractivity contribution is -0.113. The van der Waals surface area contributed by atoms with Crippen molar-refractivity contribution in [1.29, 1.82) is 0 Å². The highest BCUT2D eigenvalue weighted by atomic mass is 35.5. The Morgan fingerprint density at radius 3 is 2.44 bits per heavy atom. The van der Waals surface area contributed by atoms with Crippen molar-refractivity contribution in [2.24, 2.45) is 0 Å². The molecule has 1 atom stereocenters. The second kappa shape index (κ2) is 8.14. The van der Waals surface area contributed by atoms with Gasteiger partial charge < -0.3 is 20.7 Å². The third kappa shape index (κ3) is 4.41. The lowest BCUT2D eigenvalue weighted by atomic mass is 9.95. The fourth-order valence-corrected chi connectivity index (χ4v) is 3.03. The van der Waals surface area contributed by atoms with E-state index < -0.39 is 6.04 Å². The van der Waals surface area contributed by atoms with Gasteiger partial charge in [-0.15, -0.1) is 0 Å². The number of ether oxygens (including phenoxy) is 1. The molecular formula is C20H20ClN3O3. The van der Waals surface area contributed by atoms with E-state index in [0.717, 1.165) is 11.3 Å². The van der Waals surface area contributed by atoms with Gasteiger partial charge in [0, 0.05) is 16.4 Å². The minimum atomic E-state index is -0.571. The Hall–Kier alpha value is -2.99. The molecule has 3 rings (SSSR count). The molecule has 7 heteroatoms. The maximum atomic E-state index is 12.9. The largest absolute Gasteiger partial charge is 0.494 e. The second-order valence-electron chi connectivity index (χ2n) is 6.03. The zero-order chi connectivity index (χ0) is 19.4. The van der Waals surface area contributed by atoms with Gasteiger partial charge in [-0.05, 0) is 55.8 Å². The number of carbonyl (C=O) groups excluding carboxylic acids is 2. The molecule has 0 bridgehead atoms. The van der Waals surface area contributed by atoms with Crippen molar-refractivity contribution in [1.82, 2.24) is 10.6 Å². The third-order valence-corrected chi connectivity index (χ3v) is 4.39. The van der Waals surface area contributed by atoms with Gasteiger partial charge in [0.15, 0.2) is 0 Å². The highest BCUT2D eigenvalue weighted by Gasteiger charge is 2.31. The molecular weight excluding hydrogens is 366 g/mol. The normalized spacial score (nSPS) is 16.4. The van der Waals surface area contributed by atoms with Gasteiger partial charge in [0.2, 0.25) is 0 Å². The van der Waals surface area contributed by atoms with Crippen molar-refractivity contribution in [3.8, 4) is 5.75 Å². The van der Waals surface area contributed by atoms with Gasteiger partial charge in [0.1, 0.15) is 5.75 Å². The van der Waals surface area contributed by atoms with Crippen molar-refractivity contribution in [2.75, 3.05) is 11.9 Å². The molecule has 0 radical (unpaired) electrons. The van der Waals surface area contributed by atoms with E-state index in [-0.39, 0.29) is 11.9 Å². The molecule has 27 heavy (non-hydrogen) atoms. The summed E-state index contributed by atoms with van der Waals surface area (Å²) < 4.78 is 5.41. The SMILES string of the molecule is CCOc1ccc(NC(=O)C2=C(C)NC(=O)N[C@@H]2c2ccc(Cl)cc2)cc1. The molecule has 0 saturated carbocycles. The summed E-state index contributed by atoms with van der Waals surface area (Å²) in [5.41, 5.74) is 2.34. The number of benzene rings is 2. The fraction of sp³-hybridized carbons (Fsp3) is 0.200. The van der Waals surface area contributed by atoms with Gasteiger partial charge in [-0.2, -0.15) is 0 Å². The van der Waals surface area contributed by atoms with Gasteiger partial charge in [0.05, 0.1) is 18.2 Å². The van der Waals surface area contributed by atoms with Crippen LogP contribution < -0.4 is 20.7 Å². The zero-order valence-electron chi connectivity index (χ0n) is 15.0. The predicted molar refractivity (Wildman–Crippen MR) is 105 cm³/mol. The Balaban J connectivity index is 1.86. The quantitative estimate of drug-likeness (QED) is 0.727. The number of hydrogen-bond donors (Lipinski definition) is 3. The first kappa shape index (κ1) is 18.8. The van der Waals surface area contributed by atoms with Gasteiger partial charge in [-0.1, -0.05) is 23.7 Å². The summed E-state index contributed by atoms with van der Waals surface area (Å²) in [4.78, 5) is 24.8. The smallest absolute Gasteiger partial charge is 0.319 e. The van der Waals surface area contributed by atoms with Crippen LogP contribution in [-0.4, -0.2) is 18.5 Å². The van der Waals surface area contributed by atoms with Crippen LogP contribution in [0.15, 0.2) is 59.8 Å². The highest BCUT2D eigenvalue weighted by molar-refractivity contribution is 6.30. The van der Waals surface area contributed by atoms with Crippen LogP contribution in [0.3, 0.4) is 0 Å². The molecule has 2 aromatic rings. The van der Waals surface area contributed by atoms with Gasteiger partial charge in [-0.3, -0.25) is 4.79 Å². The van der Waals surface area contributed by atoms with Crippen LogP contribution in [-0.2, 0) is 4.79 Å².